The molecule has 5 rings (SSSR count). The molecule has 0 unspecified atom stereocenters. The summed E-state index contributed by atoms with van der Waals surface area (Å²) in [6, 6.07) is 14.3. The fraction of sp³-hybridized carbons (Fsp3) is 0.424. The first-order valence-corrected chi connectivity index (χ1v) is 15.3. The normalized spacial score (nSPS) is 14.3. The number of thiophene rings is 1. The molecule has 1 fully saturated rings. The van der Waals surface area contributed by atoms with Crippen LogP contribution in [0.25, 0.3) is 21.3 Å². The minimum atomic E-state index is -0.494. The Kier molecular flexibility index (Phi) is 8.59. The molecule has 0 radical (unpaired) electrons. The lowest BCUT2D eigenvalue weighted by atomic mass is 9.89. The minimum Gasteiger partial charge on any atom is -0.496 e. The van der Waals surface area contributed by atoms with E-state index in [1.54, 1.807) is 18.4 Å². The van der Waals surface area contributed by atoms with Crippen LogP contribution in [0.3, 0.4) is 0 Å². The third-order valence-electron chi connectivity index (χ3n) is 7.22. The number of amides is 1. The van der Waals surface area contributed by atoms with Gasteiger partial charge < -0.3 is 24.4 Å². The number of hydrogen-bond donors (Lipinski definition) is 1. The highest BCUT2D eigenvalue weighted by atomic mass is 32.1. The number of methoxy groups -OCH3 is 1. The first-order chi connectivity index (χ1) is 20.0. The minimum absolute atomic E-state index is 0.00474. The zero-order chi connectivity index (χ0) is 30.0. The summed E-state index contributed by atoms with van der Waals surface area (Å²) >= 11 is 1.68. The van der Waals surface area contributed by atoms with E-state index >= 15 is 0 Å². The molecule has 2 aromatic heterocycles. The molecule has 0 saturated carbocycles. The second-order valence-electron chi connectivity index (χ2n) is 11.9. The molecule has 4 aromatic rings. The van der Waals surface area contributed by atoms with E-state index in [0.717, 1.165) is 56.2 Å². The van der Waals surface area contributed by atoms with Gasteiger partial charge >= 0.3 is 6.09 Å². The van der Waals surface area contributed by atoms with Crippen LogP contribution in [0.2, 0.25) is 0 Å². The zero-order valence-electron chi connectivity index (χ0n) is 25.5. The van der Waals surface area contributed by atoms with Crippen LogP contribution >= 0.6 is 11.3 Å². The number of aryl methyl sites for hydroxylation is 1. The lowest BCUT2D eigenvalue weighted by Gasteiger charge is -2.33. The molecule has 2 aromatic carbocycles. The van der Waals surface area contributed by atoms with E-state index in [1.165, 1.54) is 5.56 Å². The Bertz CT molecular complexity index is 1570. The van der Waals surface area contributed by atoms with E-state index in [9.17, 15) is 4.79 Å². The van der Waals surface area contributed by atoms with Crippen LogP contribution in [-0.4, -0.2) is 52.9 Å². The molecule has 8 nitrogen and oxygen atoms in total. The molecule has 0 spiro atoms. The van der Waals surface area contributed by atoms with Gasteiger partial charge in [0.1, 0.15) is 17.1 Å². The van der Waals surface area contributed by atoms with Crippen molar-refractivity contribution in [3.63, 3.8) is 0 Å². The monoisotopic (exact) mass is 588 g/mol. The van der Waals surface area contributed by atoms with Gasteiger partial charge in [0.05, 0.1) is 35.3 Å². The second-order valence-corrected chi connectivity index (χ2v) is 13.2. The van der Waals surface area contributed by atoms with Crippen LogP contribution in [0.5, 0.6) is 11.5 Å². The van der Waals surface area contributed by atoms with Crippen molar-refractivity contribution >= 4 is 39.3 Å². The summed E-state index contributed by atoms with van der Waals surface area (Å²) in [5.41, 5.74) is 4.47. The Morgan fingerprint density at radius 3 is 2.52 bits per heavy atom. The van der Waals surface area contributed by atoms with Gasteiger partial charge in [-0.2, -0.15) is 0 Å². The number of benzene rings is 2. The first-order valence-electron chi connectivity index (χ1n) is 14.5. The molecule has 3 heterocycles. The molecular formula is C33H40N4O4S. The molecule has 0 aliphatic carbocycles. The fourth-order valence-electron chi connectivity index (χ4n) is 5.33. The predicted molar refractivity (Wildman–Crippen MR) is 169 cm³/mol. The number of likely N-dealkylation sites (tertiary alicyclic amines) is 1. The van der Waals surface area contributed by atoms with Gasteiger partial charge in [-0.3, -0.25) is 0 Å². The summed E-state index contributed by atoms with van der Waals surface area (Å²) in [5.74, 6) is 2.40. The summed E-state index contributed by atoms with van der Waals surface area (Å²) in [5, 5.41) is 3.42. The van der Waals surface area contributed by atoms with Crippen molar-refractivity contribution in [1.82, 2.24) is 14.9 Å². The Hall–Kier alpha value is -3.85. The maximum Gasteiger partial charge on any atom is 0.410 e. The Labute approximate surface area is 252 Å². The van der Waals surface area contributed by atoms with E-state index < -0.39 is 5.60 Å². The maximum atomic E-state index is 12.5. The predicted octanol–water partition coefficient (Wildman–Crippen LogP) is 8.32. The SMILES string of the molecule is COc1ccccc1-c1c(C)sc2cnc(Nc3ccc(C4CCN(C(=O)OC(C)(C)C)CC4)cc3OC(C)C)nc12. The molecule has 0 atom stereocenters. The van der Waals surface area contributed by atoms with Gasteiger partial charge in [0, 0.05) is 29.1 Å². The molecule has 42 heavy (non-hydrogen) atoms. The molecule has 0 bridgehead atoms. The number of ether oxygens (including phenoxy) is 3. The molecule has 1 saturated heterocycles. The topological polar surface area (TPSA) is 85.8 Å². The lowest BCUT2D eigenvalue weighted by Crippen LogP contribution is -2.41. The number of anilines is 2. The average molecular weight is 589 g/mol. The highest BCUT2D eigenvalue weighted by Gasteiger charge is 2.28. The quantitative estimate of drug-likeness (QED) is 0.232. The van der Waals surface area contributed by atoms with Crippen molar-refractivity contribution in [2.24, 2.45) is 0 Å². The van der Waals surface area contributed by atoms with Crippen molar-refractivity contribution in [3.8, 4) is 22.6 Å². The number of nitrogens with one attached hydrogen (secondary N) is 1. The molecule has 1 aliphatic heterocycles. The van der Waals surface area contributed by atoms with Crippen LogP contribution in [0.4, 0.5) is 16.4 Å². The summed E-state index contributed by atoms with van der Waals surface area (Å²) in [4.78, 5) is 25.1. The maximum absolute atomic E-state index is 12.5. The number of hydrogen-bond acceptors (Lipinski definition) is 8. The number of piperidine rings is 1. The summed E-state index contributed by atoms with van der Waals surface area (Å²) in [6.45, 7) is 13.2. The zero-order valence-corrected chi connectivity index (χ0v) is 26.3. The average Bonchev–Trinajstić information content (AvgIpc) is 3.27. The van der Waals surface area contributed by atoms with Crippen molar-refractivity contribution in [2.45, 2.75) is 72.0 Å². The van der Waals surface area contributed by atoms with E-state index in [-0.39, 0.29) is 12.2 Å². The van der Waals surface area contributed by atoms with Crippen molar-refractivity contribution < 1.29 is 19.0 Å². The molecule has 9 heteroatoms. The molecule has 1 amide bonds. The largest absolute Gasteiger partial charge is 0.496 e. The van der Waals surface area contributed by atoms with Gasteiger partial charge in [0.15, 0.2) is 0 Å². The number of rotatable bonds is 7. The van der Waals surface area contributed by atoms with Crippen molar-refractivity contribution in [2.75, 3.05) is 25.5 Å². The molecule has 222 valence electrons. The van der Waals surface area contributed by atoms with Crippen LogP contribution in [-0.2, 0) is 4.74 Å². The van der Waals surface area contributed by atoms with Crippen LogP contribution in [0.15, 0.2) is 48.7 Å². The van der Waals surface area contributed by atoms with Gasteiger partial charge in [-0.1, -0.05) is 24.3 Å². The number of carbonyl (C=O) groups is 1. The smallest absolute Gasteiger partial charge is 0.410 e. The standard InChI is InChI=1S/C33H40N4O4S/c1-20(2)40-27-18-23(22-14-16-37(17-15-22)32(38)41-33(4,5)6)12-13-25(27)35-31-34-19-28-30(36-31)29(21(3)42-28)24-10-8-9-11-26(24)39-7/h8-13,18-20,22H,14-17H2,1-7H3,(H,34,35,36). The molecule has 1 aliphatic rings. The molecule has 1 N–H and O–H groups in total. The van der Waals surface area contributed by atoms with Gasteiger partial charge in [0.25, 0.3) is 0 Å². The van der Waals surface area contributed by atoms with Gasteiger partial charge in [-0.15, -0.1) is 11.3 Å². The highest BCUT2D eigenvalue weighted by Crippen LogP contribution is 2.42. The van der Waals surface area contributed by atoms with Gasteiger partial charge in [-0.05, 0) is 84.1 Å². The number of nitrogens with zero attached hydrogens (tertiary/aromatic N) is 3. The number of para-hydroxylation sites is 1. The third-order valence-corrected chi connectivity index (χ3v) is 8.25. The summed E-state index contributed by atoms with van der Waals surface area (Å²) < 4.78 is 18.5. The van der Waals surface area contributed by atoms with Crippen LogP contribution < -0.4 is 14.8 Å². The van der Waals surface area contributed by atoms with Crippen molar-refractivity contribution in [1.29, 1.82) is 0 Å². The van der Waals surface area contributed by atoms with E-state index in [4.69, 9.17) is 19.2 Å². The Morgan fingerprint density at radius 2 is 1.83 bits per heavy atom. The van der Waals surface area contributed by atoms with E-state index in [1.807, 2.05) is 70.0 Å². The first kappa shape index (κ1) is 29.6. The summed E-state index contributed by atoms with van der Waals surface area (Å²) in [6.07, 6.45) is 3.37. The number of aromatic nitrogens is 2. The van der Waals surface area contributed by atoms with E-state index in [0.29, 0.717) is 25.0 Å². The van der Waals surface area contributed by atoms with E-state index in [2.05, 4.69) is 35.4 Å². The molecular weight excluding hydrogens is 548 g/mol. The number of carbonyl (C=O) groups excluding carboxylic acids is 1. The second kappa shape index (κ2) is 12.2. The summed E-state index contributed by atoms with van der Waals surface area (Å²) in [7, 11) is 1.69. The fourth-order valence-corrected chi connectivity index (χ4v) is 6.31. The highest BCUT2D eigenvalue weighted by molar-refractivity contribution is 7.19. The van der Waals surface area contributed by atoms with Crippen LogP contribution in [0, 0.1) is 6.92 Å². The Morgan fingerprint density at radius 1 is 1.10 bits per heavy atom. The Balaban J connectivity index is 1.39. The number of fused-ring (bicyclic) bond motifs is 1. The van der Waals surface area contributed by atoms with Crippen LogP contribution in [0.1, 0.15) is 63.8 Å². The van der Waals surface area contributed by atoms with Crippen molar-refractivity contribution in [3.05, 3.63) is 59.1 Å². The van der Waals surface area contributed by atoms with Gasteiger partial charge in [-0.25, -0.2) is 14.8 Å². The van der Waals surface area contributed by atoms with Gasteiger partial charge in [0.2, 0.25) is 5.95 Å². The third kappa shape index (κ3) is 6.62. The lowest BCUT2D eigenvalue weighted by molar-refractivity contribution is 0.0204.